The van der Waals surface area contributed by atoms with Crippen LogP contribution in [0.3, 0.4) is 0 Å². The Balaban J connectivity index is 1.93. The number of carbonyl (C=O) groups is 2. The Hall–Kier alpha value is -2.29. The molecule has 150 valence electrons. The Labute approximate surface area is 160 Å². The van der Waals surface area contributed by atoms with E-state index >= 15 is 0 Å². The zero-order chi connectivity index (χ0) is 20.0. The van der Waals surface area contributed by atoms with Gasteiger partial charge in [-0.1, -0.05) is 17.7 Å². The van der Waals surface area contributed by atoms with Crippen LogP contribution >= 0.6 is 0 Å². The Morgan fingerprint density at radius 1 is 1.07 bits per heavy atom. The van der Waals surface area contributed by atoms with Gasteiger partial charge in [0.2, 0.25) is 15.9 Å². The molecule has 0 radical (unpaired) electrons. The van der Waals surface area contributed by atoms with Gasteiger partial charge in [-0.3, -0.25) is 9.10 Å². The summed E-state index contributed by atoms with van der Waals surface area (Å²) in [5, 5.41) is 0. The number of amides is 2. The van der Waals surface area contributed by atoms with Gasteiger partial charge >= 0.3 is 6.09 Å². The van der Waals surface area contributed by atoms with Crippen molar-refractivity contribution in [2.24, 2.45) is 0 Å². The van der Waals surface area contributed by atoms with Gasteiger partial charge in [-0.2, -0.15) is 0 Å². The Morgan fingerprint density at radius 3 is 2.15 bits per heavy atom. The zero-order valence-corrected chi connectivity index (χ0v) is 16.9. The van der Waals surface area contributed by atoms with Crippen molar-refractivity contribution in [1.29, 1.82) is 0 Å². The van der Waals surface area contributed by atoms with E-state index in [0.717, 1.165) is 11.8 Å². The molecule has 0 aliphatic carbocycles. The second kappa shape index (κ2) is 9.07. The largest absolute Gasteiger partial charge is 0.450 e. The first-order valence-electron chi connectivity index (χ1n) is 8.96. The highest BCUT2D eigenvalue weighted by molar-refractivity contribution is 7.92. The quantitative estimate of drug-likeness (QED) is 0.725. The van der Waals surface area contributed by atoms with Gasteiger partial charge in [0.25, 0.3) is 0 Å². The number of sulfonamides is 1. The zero-order valence-electron chi connectivity index (χ0n) is 16.1. The number of hydrogen-bond donors (Lipinski definition) is 0. The monoisotopic (exact) mass is 397 g/mol. The summed E-state index contributed by atoms with van der Waals surface area (Å²) >= 11 is 0. The molecule has 0 atom stereocenters. The molecule has 0 saturated carbocycles. The lowest BCUT2D eigenvalue weighted by molar-refractivity contribution is -0.132. The lowest BCUT2D eigenvalue weighted by Crippen LogP contribution is -2.51. The standard InChI is InChI=1S/C18H27N3O5S/c1-4-26-18(23)20-13-11-19(12-14-20)17(22)9-10-21(27(3,24)25)16-7-5-15(2)6-8-16/h5-8H,4,9-14H2,1-3H3. The van der Waals surface area contributed by atoms with Gasteiger partial charge in [0.1, 0.15) is 0 Å². The fourth-order valence-electron chi connectivity index (χ4n) is 2.91. The molecule has 1 heterocycles. The SMILES string of the molecule is CCOC(=O)N1CCN(C(=O)CCN(c2ccc(C)cc2)S(C)(=O)=O)CC1. The van der Waals surface area contributed by atoms with Crippen LogP contribution in [0.25, 0.3) is 0 Å². The summed E-state index contributed by atoms with van der Waals surface area (Å²) in [7, 11) is -3.49. The Kier molecular flexibility index (Phi) is 7.06. The lowest BCUT2D eigenvalue weighted by Gasteiger charge is -2.34. The fraction of sp³-hybridized carbons (Fsp3) is 0.556. The third-order valence-corrected chi connectivity index (χ3v) is 5.60. The van der Waals surface area contributed by atoms with Crippen molar-refractivity contribution < 1.29 is 22.7 Å². The summed E-state index contributed by atoms with van der Waals surface area (Å²) in [6, 6.07) is 7.14. The van der Waals surface area contributed by atoms with Crippen LogP contribution in [0.1, 0.15) is 18.9 Å². The molecule has 0 N–H and O–H groups in total. The second-order valence-electron chi connectivity index (χ2n) is 6.49. The maximum Gasteiger partial charge on any atom is 0.409 e. The highest BCUT2D eigenvalue weighted by Gasteiger charge is 2.26. The minimum atomic E-state index is -3.49. The minimum Gasteiger partial charge on any atom is -0.450 e. The normalized spacial score (nSPS) is 14.8. The van der Waals surface area contributed by atoms with Gasteiger partial charge in [0.05, 0.1) is 18.6 Å². The Morgan fingerprint density at radius 2 is 1.63 bits per heavy atom. The number of ether oxygens (including phenoxy) is 1. The van der Waals surface area contributed by atoms with E-state index in [1.165, 1.54) is 4.31 Å². The molecule has 8 nitrogen and oxygen atoms in total. The van der Waals surface area contributed by atoms with Crippen molar-refractivity contribution in [2.75, 3.05) is 49.9 Å². The molecule has 1 fully saturated rings. The number of rotatable bonds is 6. The van der Waals surface area contributed by atoms with Crippen molar-refractivity contribution in [3.8, 4) is 0 Å². The molecule has 27 heavy (non-hydrogen) atoms. The maximum absolute atomic E-state index is 12.5. The summed E-state index contributed by atoms with van der Waals surface area (Å²) in [5.74, 6) is -0.126. The van der Waals surface area contributed by atoms with Crippen LogP contribution in [-0.2, 0) is 19.6 Å². The summed E-state index contributed by atoms with van der Waals surface area (Å²) in [6.07, 6.45) is 0.850. The number of hydrogen-bond acceptors (Lipinski definition) is 5. The predicted octanol–water partition coefficient (Wildman–Crippen LogP) is 1.45. The molecule has 0 unspecified atom stereocenters. The average Bonchev–Trinajstić information content (AvgIpc) is 2.62. The number of carbonyl (C=O) groups excluding carboxylic acids is 2. The third kappa shape index (κ3) is 5.85. The topological polar surface area (TPSA) is 87.2 Å². The van der Waals surface area contributed by atoms with Gasteiger partial charge in [0.15, 0.2) is 0 Å². The highest BCUT2D eigenvalue weighted by atomic mass is 32.2. The van der Waals surface area contributed by atoms with E-state index in [2.05, 4.69) is 0 Å². The summed E-state index contributed by atoms with van der Waals surface area (Å²) in [5.41, 5.74) is 1.57. The van der Waals surface area contributed by atoms with Crippen molar-refractivity contribution in [1.82, 2.24) is 9.80 Å². The molecule has 1 aromatic rings. The minimum absolute atomic E-state index is 0.0822. The van der Waals surface area contributed by atoms with Gasteiger partial charge in [0, 0.05) is 39.1 Å². The number of nitrogens with zero attached hydrogens (tertiary/aromatic N) is 3. The number of benzene rings is 1. The van der Waals surface area contributed by atoms with Gasteiger partial charge in [-0.25, -0.2) is 13.2 Å². The molecule has 1 aliphatic heterocycles. The molecule has 0 bridgehead atoms. The van der Waals surface area contributed by atoms with Crippen LogP contribution in [0.2, 0.25) is 0 Å². The third-order valence-electron chi connectivity index (χ3n) is 4.41. The van der Waals surface area contributed by atoms with Crippen LogP contribution in [0.4, 0.5) is 10.5 Å². The van der Waals surface area contributed by atoms with E-state index in [9.17, 15) is 18.0 Å². The van der Waals surface area contributed by atoms with Crippen molar-refractivity contribution in [2.45, 2.75) is 20.3 Å². The van der Waals surface area contributed by atoms with Crippen molar-refractivity contribution in [3.05, 3.63) is 29.8 Å². The van der Waals surface area contributed by atoms with E-state index in [4.69, 9.17) is 4.74 Å². The van der Waals surface area contributed by atoms with E-state index in [0.29, 0.717) is 38.5 Å². The van der Waals surface area contributed by atoms with Crippen LogP contribution in [-0.4, -0.2) is 75.8 Å². The van der Waals surface area contributed by atoms with Crippen LogP contribution in [0.15, 0.2) is 24.3 Å². The first-order valence-corrected chi connectivity index (χ1v) is 10.8. The molecule has 1 saturated heterocycles. The molecular weight excluding hydrogens is 370 g/mol. The number of anilines is 1. The summed E-state index contributed by atoms with van der Waals surface area (Å²) in [6.45, 7) is 5.74. The van der Waals surface area contributed by atoms with Crippen LogP contribution in [0.5, 0.6) is 0 Å². The molecule has 9 heteroatoms. The van der Waals surface area contributed by atoms with E-state index in [1.54, 1.807) is 28.9 Å². The van der Waals surface area contributed by atoms with Crippen LogP contribution < -0.4 is 4.31 Å². The molecule has 1 aliphatic rings. The van der Waals surface area contributed by atoms with Gasteiger partial charge in [-0.15, -0.1) is 0 Å². The number of aryl methyl sites for hydroxylation is 1. The lowest BCUT2D eigenvalue weighted by atomic mass is 10.2. The summed E-state index contributed by atoms with van der Waals surface area (Å²) < 4.78 is 30.5. The van der Waals surface area contributed by atoms with Gasteiger partial charge < -0.3 is 14.5 Å². The molecule has 0 aromatic heterocycles. The second-order valence-corrected chi connectivity index (χ2v) is 8.39. The van der Waals surface area contributed by atoms with Crippen LogP contribution in [0, 0.1) is 6.92 Å². The Bertz CT molecular complexity index is 756. The van der Waals surface area contributed by atoms with Crippen molar-refractivity contribution >= 4 is 27.7 Å². The maximum atomic E-state index is 12.5. The van der Waals surface area contributed by atoms with Gasteiger partial charge in [-0.05, 0) is 26.0 Å². The predicted molar refractivity (Wildman–Crippen MR) is 103 cm³/mol. The molecular formula is C18H27N3O5S. The molecule has 1 aromatic carbocycles. The first kappa shape index (κ1) is 21.0. The molecule has 2 rings (SSSR count). The fourth-order valence-corrected chi connectivity index (χ4v) is 3.83. The summed E-state index contributed by atoms with van der Waals surface area (Å²) in [4.78, 5) is 27.4. The number of piperazine rings is 1. The van der Waals surface area contributed by atoms with Crippen molar-refractivity contribution in [3.63, 3.8) is 0 Å². The van der Waals surface area contributed by atoms with E-state index in [-0.39, 0.29) is 25.0 Å². The highest BCUT2D eigenvalue weighted by Crippen LogP contribution is 2.19. The van der Waals surface area contributed by atoms with E-state index < -0.39 is 10.0 Å². The molecule has 2 amide bonds. The first-order chi connectivity index (χ1) is 12.7. The average molecular weight is 397 g/mol. The smallest absolute Gasteiger partial charge is 0.409 e. The molecule has 0 spiro atoms. The van der Waals surface area contributed by atoms with E-state index in [1.807, 2.05) is 19.1 Å².